The molecule has 6 heteroatoms. The van der Waals surface area contributed by atoms with Gasteiger partial charge in [0, 0.05) is 24.7 Å². The highest BCUT2D eigenvalue weighted by Gasteiger charge is 2.21. The van der Waals surface area contributed by atoms with Crippen molar-refractivity contribution in [2.75, 3.05) is 30.7 Å². The largest absolute Gasteiger partial charge is 0.399 e. The molecule has 0 spiro atoms. The number of amides is 1. The molecule has 1 heterocycles. The van der Waals surface area contributed by atoms with Crippen LogP contribution in [-0.2, 0) is 4.79 Å². The van der Waals surface area contributed by atoms with Crippen molar-refractivity contribution >= 4 is 17.3 Å². The molecule has 1 amide bonds. The Kier molecular flexibility index (Phi) is 5.52. The van der Waals surface area contributed by atoms with Gasteiger partial charge in [0.25, 0.3) is 0 Å². The Morgan fingerprint density at radius 2 is 2.29 bits per heavy atom. The highest BCUT2D eigenvalue weighted by molar-refractivity contribution is 5.91. The number of rotatable bonds is 5. The Hall–Kier alpha value is -1.66. The minimum Gasteiger partial charge on any atom is -0.399 e. The molecule has 5 nitrogen and oxygen atoms in total. The van der Waals surface area contributed by atoms with Crippen molar-refractivity contribution in [3.05, 3.63) is 24.0 Å². The summed E-state index contributed by atoms with van der Waals surface area (Å²) in [5.74, 6) is -0.745. The average Bonchev–Trinajstić information content (AvgIpc) is 2.49. The van der Waals surface area contributed by atoms with E-state index in [1.54, 1.807) is 0 Å². The number of piperidine rings is 1. The maximum Gasteiger partial charge on any atom is 0.225 e. The summed E-state index contributed by atoms with van der Waals surface area (Å²) in [5.41, 5.74) is 6.09. The van der Waals surface area contributed by atoms with E-state index in [0.29, 0.717) is 12.2 Å². The van der Waals surface area contributed by atoms with E-state index in [4.69, 9.17) is 5.73 Å². The number of nitrogen functional groups attached to an aromatic ring is 1. The van der Waals surface area contributed by atoms with Crippen LogP contribution in [0.4, 0.5) is 15.8 Å². The van der Waals surface area contributed by atoms with Gasteiger partial charge in [0.15, 0.2) is 0 Å². The summed E-state index contributed by atoms with van der Waals surface area (Å²) in [7, 11) is 0. The van der Waals surface area contributed by atoms with Gasteiger partial charge >= 0.3 is 0 Å². The number of hydrogen-bond acceptors (Lipinski definition) is 4. The molecule has 1 aliphatic heterocycles. The zero-order chi connectivity index (χ0) is 15.2. The normalized spacial score (nSPS) is 19.4. The molecule has 1 unspecified atom stereocenters. The highest BCUT2D eigenvalue weighted by atomic mass is 19.1. The van der Waals surface area contributed by atoms with E-state index >= 15 is 0 Å². The predicted octanol–water partition coefficient (Wildman–Crippen LogP) is 1.58. The number of nitrogens with two attached hydrogens (primary N) is 1. The number of carbonyl (C=O) groups is 1. The zero-order valence-electron chi connectivity index (χ0n) is 12.0. The molecule has 2 rings (SSSR count). The second kappa shape index (κ2) is 7.38. The molecule has 1 fully saturated rings. The van der Waals surface area contributed by atoms with Crippen LogP contribution < -0.4 is 11.1 Å². The molecule has 1 aromatic rings. The van der Waals surface area contributed by atoms with Crippen molar-refractivity contribution in [1.29, 1.82) is 0 Å². The molecule has 1 aliphatic rings. The topological polar surface area (TPSA) is 78.6 Å². The molecule has 1 atom stereocenters. The number of nitrogens with zero attached hydrogens (tertiary/aromatic N) is 1. The van der Waals surface area contributed by atoms with Crippen LogP contribution in [0.1, 0.15) is 25.7 Å². The standard InChI is InChI=1S/C15H22FN3O2/c16-13-5-4-11(17)9-14(13)18-15(21)6-8-19-7-2-1-3-12(19)10-20/h4-5,9,12,20H,1-3,6-8,10,17H2,(H,18,21). The summed E-state index contributed by atoms with van der Waals surface area (Å²) in [6.07, 6.45) is 3.43. The molecule has 0 bridgehead atoms. The first-order valence-electron chi connectivity index (χ1n) is 7.30. The van der Waals surface area contributed by atoms with Gasteiger partial charge in [0.1, 0.15) is 5.82 Å². The Morgan fingerprint density at radius 3 is 3.05 bits per heavy atom. The third-order valence-electron chi connectivity index (χ3n) is 3.85. The smallest absolute Gasteiger partial charge is 0.225 e. The lowest BCUT2D eigenvalue weighted by Crippen LogP contribution is -2.43. The van der Waals surface area contributed by atoms with Crippen LogP contribution in [0.3, 0.4) is 0 Å². The fourth-order valence-electron chi connectivity index (χ4n) is 2.66. The quantitative estimate of drug-likeness (QED) is 0.721. The van der Waals surface area contributed by atoms with Crippen molar-refractivity contribution in [2.45, 2.75) is 31.7 Å². The van der Waals surface area contributed by atoms with E-state index in [0.717, 1.165) is 25.8 Å². The number of nitrogens with one attached hydrogen (secondary N) is 1. The Bertz CT molecular complexity index is 496. The molecular formula is C15H22FN3O2. The van der Waals surface area contributed by atoms with Crippen LogP contribution in [0.2, 0.25) is 0 Å². The predicted molar refractivity (Wildman–Crippen MR) is 80.4 cm³/mol. The lowest BCUT2D eigenvalue weighted by Gasteiger charge is -2.34. The molecule has 1 aromatic carbocycles. The second-order valence-electron chi connectivity index (χ2n) is 5.41. The van der Waals surface area contributed by atoms with Gasteiger partial charge < -0.3 is 16.2 Å². The Labute approximate surface area is 123 Å². The lowest BCUT2D eigenvalue weighted by molar-refractivity contribution is -0.116. The number of likely N-dealkylation sites (tertiary alicyclic amines) is 1. The molecule has 21 heavy (non-hydrogen) atoms. The summed E-state index contributed by atoms with van der Waals surface area (Å²) in [6.45, 7) is 1.58. The van der Waals surface area contributed by atoms with E-state index in [1.807, 2.05) is 0 Å². The van der Waals surface area contributed by atoms with Crippen LogP contribution in [0.25, 0.3) is 0 Å². The van der Waals surface area contributed by atoms with Crippen LogP contribution in [0.5, 0.6) is 0 Å². The van der Waals surface area contributed by atoms with E-state index in [-0.39, 0.29) is 30.7 Å². The number of carbonyl (C=O) groups excluding carboxylic acids is 1. The summed E-state index contributed by atoms with van der Waals surface area (Å²) in [5, 5.41) is 11.9. The summed E-state index contributed by atoms with van der Waals surface area (Å²) in [6, 6.07) is 4.22. The maximum atomic E-state index is 13.5. The Morgan fingerprint density at radius 1 is 1.48 bits per heavy atom. The van der Waals surface area contributed by atoms with Crippen molar-refractivity contribution < 1.29 is 14.3 Å². The van der Waals surface area contributed by atoms with Crippen molar-refractivity contribution in [3.63, 3.8) is 0 Å². The first kappa shape index (κ1) is 15.7. The van der Waals surface area contributed by atoms with Gasteiger partial charge in [-0.15, -0.1) is 0 Å². The fourth-order valence-corrected chi connectivity index (χ4v) is 2.66. The third-order valence-corrected chi connectivity index (χ3v) is 3.85. The molecule has 4 N–H and O–H groups in total. The molecule has 0 aromatic heterocycles. The third kappa shape index (κ3) is 4.41. The van der Waals surface area contributed by atoms with Crippen LogP contribution in [0, 0.1) is 5.82 Å². The average molecular weight is 295 g/mol. The van der Waals surface area contributed by atoms with E-state index < -0.39 is 5.82 Å². The minimum atomic E-state index is -0.497. The maximum absolute atomic E-state index is 13.5. The molecule has 0 saturated carbocycles. The van der Waals surface area contributed by atoms with E-state index in [2.05, 4.69) is 10.2 Å². The highest BCUT2D eigenvalue weighted by Crippen LogP contribution is 2.19. The fraction of sp³-hybridized carbons (Fsp3) is 0.533. The number of anilines is 2. The minimum absolute atomic E-state index is 0.109. The van der Waals surface area contributed by atoms with Crippen LogP contribution >= 0.6 is 0 Å². The van der Waals surface area contributed by atoms with Gasteiger partial charge in [-0.05, 0) is 37.6 Å². The first-order chi connectivity index (χ1) is 10.1. The summed E-state index contributed by atoms with van der Waals surface area (Å²) >= 11 is 0. The van der Waals surface area contributed by atoms with Gasteiger partial charge in [0.2, 0.25) is 5.91 Å². The SMILES string of the molecule is Nc1ccc(F)c(NC(=O)CCN2CCCCC2CO)c1. The van der Waals surface area contributed by atoms with Crippen molar-refractivity contribution in [2.24, 2.45) is 0 Å². The lowest BCUT2D eigenvalue weighted by atomic mass is 10.0. The van der Waals surface area contributed by atoms with E-state index in [1.165, 1.54) is 18.2 Å². The van der Waals surface area contributed by atoms with Crippen LogP contribution in [0.15, 0.2) is 18.2 Å². The summed E-state index contributed by atoms with van der Waals surface area (Å²) in [4.78, 5) is 14.0. The molecule has 0 radical (unpaired) electrons. The first-order valence-corrected chi connectivity index (χ1v) is 7.30. The Balaban J connectivity index is 1.85. The second-order valence-corrected chi connectivity index (χ2v) is 5.41. The van der Waals surface area contributed by atoms with Crippen LogP contribution in [-0.4, -0.2) is 41.7 Å². The number of halogens is 1. The van der Waals surface area contributed by atoms with Crippen molar-refractivity contribution in [1.82, 2.24) is 4.90 Å². The zero-order valence-corrected chi connectivity index (χ0v) is 12.0. The number of aliphatic hydroxyl groups is 1. The number of aliphatic hydroxyl groups excluding tert-OH is 1. The van der Waals surface area contributed by atoms with Crippen molar-refractivity contribution in [3.8, 4) is 0 Å². The van der Waals surface area contributed by atoms with Gasteiger partial charge in [-0.1, -0.05) is 6.42 Å². The molecule has 1 saturated heterocycles. The van der Waals surface area contributed by atoms with E-state index in [9.17, 15) is 14.3 Å². The number of benzene rings is 1. The van der Waals surface area contributed by atoms with Gasteiger partial charge in [-0.3, -0.25) is 9.69 Å². The van der Waals surface area contributed by atoms with Gasteiger partial charge in [-0.25, -0.2) is 4.39 Å². The monoisotopic (exact) mass is 295 g/mol. The number of hydrogen-bond donors (Lipinski definition) is 3. The molecular weight excluding hydrogens is 273 g/mol. The van der Waals surface area contributed by atoms with Gasteiger partial charge in [-0.2, -0.15) is 0 Å². The summed E-state index contributed by atoms with van der Waals surface area (Å²) < 4.78 is 13.5. The molecule has 116 valence electrons. The molecule has 0 aliphatic carbocycles. The van der Waals surface area contributed by atoms with Gasteiger partial charge in [0.05, 0.1) is 12.3 Å².